The van der Waals surface area contributed by atoms with E-state index in [0.717, 1.165) is 22.0 Å². The van der Waals surface area contributed by atoms with E-state index in [2.05, 4.69) is 28.2 Å². The molecule has 1 atom stereocenters. The van der Waals surface area contributed by atoms with Gasteiger partial charge < -0.3 is 5.32 Å². The Morgan fingerprint density at radius 1 is 1.30 bits per heavy atom. The highest BCUT2D eigenvalue weighted by Gasteiger charge is 2.24. The van der Waals surface area contributed by atoms with Crippen LogP contribution in [-0.2, 0) is 0 Å². The molecule has 110 valence electrons. The molecule has 1 unspecified atom stereocenters. The highest BCUT2D eigenvalue weighted by atomic mass is 79.9. The van der Waals surface area contributed by atoms with Crippen LogP contribution in [0.25, 0.3) is 0 Å². The number of benzene rings is 1. The Morgan fingerprint density at radius 3 is 2.60 bits per heavy atom. The maximum absolute atomic E-state index is 12.4. The van der Waals surface area contributed by atoms with Gasteiger partial charge in [-0.05, 0) is 55.9 Å². The van der Waals surface area contributed by atoms with Crippen molar-refractivity contribution in [2.45, 2.75) is 58.4 Å². The van der Waals surface area contributed by atoms with Gasteiger partial charge in [0, 0.05) is 16.1 Å². The maximum Gasteiger partial charge on any atom is 0.251 e. The molecule has 1 amide bonds. The van der Waals surface area contributed by atoms with Crippen LogP contribution >= 0.6 is 15.9 Å². The van der Waals surface area contributed by atoms with Crippen LogP contribution in [0, 0.1) is 12.8 Å². The first-order chi connectivity index (χ1) is 9.60. The predicted molar refractivity (Wildman–Crippen MR) is 87.0 cm³/mol. The lowest BCUT2D eigenvalue weighted by Gasteiger charge is -2.30. The van der Waals surface area contributed by atoms with Gasteiger partial charge in [0.15, 0.2) is 0 Å². The van der Waals surface area contributed by atoms with Gasteiger partial charge in [0.1, 0.15) is 0 Å². The molecule has 1 N–H and O–H groups in total. The lowest BCUT2D eigenvalue weighted by molar-refractivity contribution is 0.0911. The van der Waals surface area contributed by atoms with E-state index in [9.17, 15) is 4.79 Å². The highest BCUT2D eigenvalue weighted by Crippen LogP contribution is 2.28. The second-order valence-corrected chi connectivity index (χ2v) is 6.82. The molecule has 0 aliphatic heterocycles. The Bertz CT molecular complexity index is 446. The Balaban J connectivity index is 2.04. The smallest absolute Gasteiger partial charge is 0.251 e. The molecule has 1 aliphatic carbocycles. The minimum absolute atomic E-state index is 0.0619. The van der Waals surface area contributed by atoms with E-state index in [-0.39, 0.29) is 5.91 Å². The monoisotopic (exact) mass is 337 g/mol. The Morgan fingerprint density at radius 2 is 2.00 bits per heavy atom. The summed E-state index contributed by atoms with van der Waals surface area (Å²) in [4.78, 5) is 12.4. The summed E-state index contributed by atoms with van der Waals surface area (Å²) in [5, 5.41) is 3.25. The van der Waals surface area contributed by atoms with E-state index < -0.39 is 0 Å². The number of rotatable bonds is 4. The van der Waals surface area contributed by atoms with Gasteiger partial charge in [-0.15, -0.1) is 0 Å². The Hall–Kier alpha value is -0.830. The number of hydrogen-bond donors (Lipinski definition) is 1. The van der Waals surface area contributed by atoms with Crippen molar-refractivity contribution >= 4 is 21.8 Å². The zero-order chi connectivity index (χ0) is 14.5. The van der Waals surface area contributed by atoms with Crippen molar-refractivity contribution in [3.05, 3.63) is 33.8 Å². The van der Waals surface area contributed by atoms with Crippen LogP contribution < -0.4 is 5.32 Å². The fourth-order valence-electron chi connectivity index (χ4n) is 3.21. The third kappa shape index (κ3) is 4.08. The zero-order valence-corrected chi connectivity index (χ0v) is 14.0. The van der Waals surface area contributed by atoms with Crippen LogP contribution in [0.4, 0.5) is 0 Å². The molecule has 0 spiro atoms. The SMILES string of the molecule is CCC(NC(=O)c1cc(C)cc(Br)c1)C1CCCCC1. The lowest BCUT2D eigenvalue weighted by atomic mass is 9.83. The average molecular weight is 338 g/mol. The number of amides is 1. The molecule has 0 saturated heterocycles. The van der Waals surface area contributed by atoms with Crippen LogP contribution in [0.15, 0.2) is 22.7 Å². The highest BCUT2D eigenvalue weighted by molar-refractivity contribution is 9.10. The largest absolute Gasteiger partial charge is 0.349 e. The van der Waals surface area contributed by atoms with Crippen LogP contribution in [0.5, 0.6) is 0 Å². The molecule has 1 aromatic carbocycles. The molecule has 1 aromatic rings. The van der Waals surface area contributed by atoms with Gasteiger partial charge >= 0.3 is 0 Å². The van der Waals surface area contributed by atoms with E-state index in [1.165, 1.54) is 32.1 Å². The maximum atomic E-state index is 12.4. The molecule has 3 heteroatoms. The Kier molecular flexibility index (Phi) is 5.64. The molecule has 1 aliphatic rings. The summed E-state index contributed by atoms with van der Waals surface area (Å²) in [6.45, 7) is 4.19. The van der Waals surface area contributed by atoms with Crippen LogP contribution in [0.3, 0.4) is 0 Å². The Labute approximate surface area is 130 Å². The molecule has 0 bridgehead atoms. The van der Waals surface area contributed by atoms with Gasteiger partial charge in [-0.3, -0.25) is 4.79 Å². The van der Waals surface area contributed by atoms with Crippen LogP contribution in [0.1, 0.15) is 61.4 Å². The molecule has 2 nitrogen and oxygen atoms in total. The molecule has 1 saturated carbocycles. The number of nitrogens with one attached hydrogen (secondary N) is 1. The first kappa shape index (κ1) is 15.6. The van der Waals surface area contributed by atoms with E-state index in [0.29, 0.717) is 12.0 Å². The number of hydrogen-bond acceptors (Lipinski definition) is 1. The van der Waals surface area contributed by atoms with Crippen molar-refractivity contribution in [2.75, 3.05) is 0 Å². The fourth-order valence-corrected chi connectivity index (χ4v) is 3.82. The summed E-state index contributed by atoms with van der Waals surface area (Å²) < 4.78 is 0.966. The van der Waals surface area contributed by atoms with Crippen molar-refractivity contribution in [3.8, 4) is 0 Å². The third-order valence-corrected chi connectivity index (χ3v) is 4.74. The number of carbonyl (C=O) groups excluding carboxylic acids is 1. The summed E-state index contributed by atoms with van der Waals surface area (Å²) in [6, 6.07) is 6.20. The van der Waals surface area contributed by atoms with Gasteiger partial charge in [-0.1, -0.05) is 42.1 Å². The molecular weight excluding hydrogens is 314 g/mol. The molecule has 20 heavy (non-hydrogen) atoms. The summed E-state index contributed by atoms with van der Waals surface area (Å²) in [6.07, 6.45) is 7.52. The van der Waals surface area contributed by atoms with E-state index in [4.69, 9.17) is 0 Å². The van der Waals surface area contributed by atoms with E-state index >= 15 is 0 Å². The molecule has 1 fully saturated rings. The zero-order valence-electron chi connectivity index (χ0n) is 12.4. The molecule has 2 rings (SSSR count). The first-order valence-corrected chi connectivity index (χ1v) is 8.47. The molecular formula is C17H24BrNO. The van der Waals surface area contributed by atoms with Gasteiger partial charge in [-0.25, -0.2) is 0 Å². The van der Waals surface area contributed by atoms with Gasteiger partial charge in [0.05, 0.1) is 0 Å². The minimum atomic E-state index is 0.0619. The molecule has 0 aromatic heterocycles. The quantitative estimate of drug-likeness (QED) is 0.836. The lowest BCUT2D eigenvalue weighted by Crippen LogP contribution is -2.40. The van der Waals surface area contributed by atoms with Crippen LogP contribution in [-0.4, -0.2) is 11.9 Å². The number of carbonyl (C=O) groups is 1. The summed E-state index contributed by atoms with van der Waals surface area (Å²) in [5.41, 5.74) is 1.86. The van der Waals surface area contributed by atoms with Crippen molar-refractivity contribution in [1.29, 1.82) is 0 Å². The van der Waals surface area contributed by atoms with Crippen molar-refractivity contribution in [2.24, 2.45) is 5.92 Å². The normalized spacial score (nSPS) is 17.8. The fraction of sp³-hybridized carbons (Fsp3) is 0.588. The average Bonchev–Trinajstić information content (AvgIpc) is 2.44. The van der Waals surface area contributed by atoms with Crippen LogP contribution in [0.2, 0.25) is 0 Å². The summed E-state index contributed by atoms with van der Waals surface area (Å²) >= 11 is 3.46. The van der Waals surface area contributed by atoms with E-state index in [1.54, 1.807) is 0 Å². The second kappa shape index (κ2) is 7.26. The van der Waals surface area contributed by atoms with Crippen molar-refractivity contribution in [3.63, 3.8) is 0 Å². The van der Waals surface area contributed by atoms with Gasteiger partial charge in [0.2, 0.25) is 0 Å². The topological polar surface area (TPSA) is 29.1 Å². The molecule has 0 radical (unpaired) electrons. The summed E-state index contributed by atoms with van der Waals surface area (Å²) in [5.74, 6) is 0.720. The van der Waals surface area contributed by atoms with E-state index in [1.807, 2.05) is 25.1 Å². The second-order valence-electron chi connectivity index (χ2n) is 5.90. The van der Waals surface area contributed by atoms with Gasteiger partial charge in [-0.2, -0.15) is 0 Å². The summed E-state index contributed by atoms with van der Waals surface area (Å²) in [7, 11) is 0. The third-order valence-electron chi connectivity index (χ3n) is 4.28. The van der Waals surface area contributed by atoms with Crippen molar-refractivity contribution in [1.82, 2.24) is 5.32 Å². The van der Waals surface area contributed by atoms with Gasteiger partial charge in [0.25, 0.3) is 5.91 Å². The molecule has 0 heterocycles. The van der Waals surface area contributed by atoms with Crippen molar-refractivity contribution < 1.29 is 4.79 Å². The standard InChI is InChI=1S/C17H24BrNO/c1-3-16(13-7-5-4-6-8-13)19-17(20)14-9-12(2)10-15(18)11-14/h9-11,13,16H,3-8H2,1-2H3,(H,19,20). The first-order valence-electron chi connectivity index (χ1n) is 7.68. The predicted octanol–water partition coefficient (Wildman–Crippen LogP) is 4.85. The number of aryl methyl sites for hydroxylation is 1. The number of halogens is 1. The minimum Gasteiger partial charge on any atom is -0.349 e.